The molecule has 0 aliphatic carbocycles. The summed E-state index contributed by atoms with van der Waals surface area (Å²) in [5, 5.41) is 15.1. The predicted molar refractivity (Wildman–Crippen MR) is 104 cm³/mol. The molecule has 0 bridgehead atoms. The smallest absolute Gasteiger partial charge is 0.393 e. The number of hydrogen-bond acceptors (Lipinski definition) is 4. The Hall–Kier alpha value is -1.84. The maximum Gasteiger partial charge on any atom is 0.405 e. The lowest BCUT2D eigenvalue weighted by Gasteiger charge is -2.36. The number of benzene rings is 1. The van der Waals surface area contributed by atoms with Gasteiger partial charge in [0.05, 0.1) is 19.3 Å². The van der Waals surface area contributed by atoms with Crippen LogP contribution < -0.4 is 10.6 Å². The molecule has 9 heteroatoms. The minimum Gasteiger partial charge on any atom is -0.393 e. The highest BCUT2D eigenvalue weighted by atomic mass is 19.4. The Morgan fingerprint density at radius 1 is 1.21 bits per heavy atom. The first-order valence-electron chi connectivity index (χ1n) is 9.74. The van der Waals surface area contributed by atoms with E-state index in [9.17, 15) is 23.1 Å². The number of ether oxygens (including phenoxy) is 1. The van der Waals surface area contributed by atoms with Crippen molar-refractivity contribution in [3.05, 3.63) is 35.9 Å². The van der Waals surface area contributed by atoms with Gasteiger partial charge in [-0.15, -0.1) is 0 Å². The number of halogens is 3. The van der Waals surface area contributed by atoms with Crippen LogP contribution in [0.25, 0.3) is 0 Å². The molecule has 0 saturated carbocycles. The molecule has 0 spiro atoms. The van der Waals surface area contributed by atoms with Gasteiger partial charge in [0.15, 0.2) is 0 Å². The van der Waals surface area contributed by atoms with E-state index in [2.05, 4.69) is 10.6 Å². The highest BCUT2D eigenvalue weighted by Gasteiger charge is 2.44. The summed E-state index contributed by atoms with van der Waals surface area (Å²) in [4.78, 5) is 13.4. The van der Waals surface area contributed by atoms with Gasteiger partial charge in [-0.3, -0.25) is 4.90 Å². The summed E-state index contributed by atoms with van der Waals surface area (Å²) in [7, 11) is 0. The number of aliphatic hydroxyl groups excluding tert-OH is 1. The van der Waals surface area contributed by atoms with Gasteiger partial charge in [-0.05, 0) is 18.9 Å². The molecule has 1 aliphatic rings. The van der Waals surface area contributed by atoms with Gasteiger partial charge in [0.1, 0.15) is 6.04 Å². The van der Waals surface area contributed by atoms with Gasteiger partial charge in [0.25, 0.3) is 0 Å². The average Bonchev–Trinajstić information content (AvgIpc) is 2.67. The monoisotopic (exact) mass is 417 g/mol. The summed E-state index contributed by atoms with van der Waals surface area (Å²) in [5.41, 5.74) is 0.342. The second-order valence-electron chi connectivity index (χ2n) is 7.76. The third-order valence-electron chi connectivity index (χ3n) is 5.43. The zero-order valence-corrected chi connectivity index (χ0v) is 16.8. The largest absolute Gasteiger partial charge is 0.405 e. The van der Waals surface area contributed by atoms with Crippen LogP contribution in [-0.2, 0) is 11.2 Å². The van der Waals surface area contributed by atoms with Crippen molar-refractivity contribution >= 4 is 6.03 Å². The first-order chi connectivity index (χ1) is 13.6. The molecule has 164 valence electrons. The number of nitrogens with zero attached hydrogens (tertiary/aromatic N) is 1. The maximum absolute atomic E-state index is 13.4. The van der Waals surface area contributed by atoms with Crippen LogP contribution in [-0.4, -0.2) is 73.8 Å². The number of carbonyl (C=O) groups is 1. The first-order valence-corrected chi connectivity index (χ1v) is 9.74. The van der Waals surface area contributed by atoms with Crippen molar-refractivity contribution in [3.63, 3.8) is 0 Å². The molecule has 3 unspecified atom stereocenters. The van der Waals surface area contributed by atoms with E-state index in [1.807, 2.05) is 37.3 Å². The van der Waals surface area contributed by atoms with Crippen molar-refractivity contribution in [2.45, 2.75) is 38.6 Å². The van der Waals surface area contributed by atoms with Crippen LogP contribution in [0.1, 0.15) is 19.4 Å². The van der Waals surface area contributed by atoms with E-state index in [1.165, 1.54) is 4.90 Å². The Morgan fingerprint density at radius 2 is 1.83 bits per heavy atom. The predicted octanol–water partition coefficient (Wildman–Crippen LogP) is 2.18. The molecule has 2 rings (SSSR count). The molecule has 1 heterocycles. The molecule has 1 saturated heterocycles. The van der Waals surface area contributed by atoms with Crippen molar-refractivity contribution in [1.82, 2.24) is 15.5 Å². The van der Waals surface area contributed by atoms with E-state index in [0.717, 1.165) is 5.56 Å². The van der Waals surface area contributed by atoms with E-state index < -0.39 is 36.3 Å². The van der Waals surface area contributed by atoms with Gasteiger partial charge < -0.3 is 20.5 Å². The number of nitrogens with one attached hydrogen (secondary N) is 2. The number of alkyl halides is 3. The Balaban J connectivity index is 1.90. The summed E-state index contributed by atoms with van der Waals surface area (Å²) >= 11 is 0. The molecular formula is C20H30F3N3O3. The Morgan fingerprint density at radius 3 is 2.38 bits per heavy atom. The quantitative estimate of drug-likeness (QED) is 0.606. The number of morpholine rings is 1. The number of amides is 2. The fourth-order valence-electron chi connectivity index (χ4n) is 3.30. The third-order valence-corrected chi connectivity index (χ3v) is 5.43. The summed E-state index contributed by atoms with van der Waals surface area (Å²) in [6, 6.07) is 7.08. The molecule has 1 aromatic carbocycles. The van der Waals surface area contributed by atoms with E-state index in [4.69, 9.17) is 4.74 Å². The van der Waals surface area contributed by atoms with Crippen LogP contribution >= 0.6 is 0 Å². The van der Waals surface area contributed by atoms with Crippen molar-refractivity contribution in [2.24, 2.45) is 5.41 Å². The van der Waals surface area contributed by atoms with Crippen molar-refractivity contribution in [1.29, 1.82) is 0 Å². The number of urea groups is 1. The molecule has 2 amide bonds. The molecule has 0 radical (unpaired) electrons. The standard InChI is InChI=1S/C20H30F3N3O3/c1-15(27)19(2,12-16-6-4-3-5-7-16)14-25-18(28)24-13-17(20(21,22)23)26-8-10-29-11-9-26/h3-7,15,17,27H,8-14H2,1-2H3,(H2,24,25,28). The van der Waals surface area contributed by atoms with Crippen LogP contribution in [0.3, 0.4) is 0 Å². The highest BCUT2D eigenvalue weighted by Crippen LogP contribution is 2.27. The second-order valence-corrected chi connectivity index (χ2v) is 7.76. The average molecular weight is 417 g/mol. The minimum atomic E-state index is -4.45. The molecule has 1 aromatic rings. The number of aliphatic hydroxyl groups is 1. The maximum atomic E-state index is 13.4. The third kappa shape index (κ3) is 7.17. The van der Waals surface area contributed by atoms with Gasteiger partial charge in [0, 0.05) is 31.6 Å². The Kier molecular flexibility index (Phi) is 8.30. The summed E-state index contributed by atoms with van der Waals surface area (Å²) in [5.74, 6) is 0. The Labute approximate surface area is 169 Å². The van der Waals surface area contributed by atoms with E-state index >= 15 is 0 Å². The van der Waals surface area contributed by atoms with E-state index in [1.54, 1.807) is 6.92 Å². The SMILES string of the molecule is CC(O)C(C)(CNC(=O)NCC(N1CCOCC1)C(F)(F)F)Cc1ccccc1. The van der Waals surface area contributed by atoms with Gasteiger partial charge in [-0.2, -0.15) is 13.2 Å². The second kappa shape index (κ2) is 10.3. The molecule has 6 nitrogen and oxygen atoms in total. The van der Waals surface area contributed by atoms with E-state index in [0.29, 0.717) is 6.42 Å². The minimum absolute atomic E-state index is 0.125. The van der Waals surface area contributed by atoms with Gasteiger partial charge in [0.2, 0.25) is 0 Å². The molecule has 0 aromatic heterocycles. The molecule has 29 heavy (non-hydrogen) atoms. The highest BCUT2D eigenvalue weighted by molar-refractivity contribution is 5.73. The molecule has 3 atom stereocenters. The zero-order valence-electron chi connectivity index (χ0n) is 16.8. The summed E-state index contributed by atoms with van der Waals surface area (Å²) in [6.45, 7) is 3.88. The lowest BCUT2D eigenvalue weighted by molar-refractivity contribution is -0.189. The molecule has 1 aliphatic heterocycles. The lowest BCUT2D eigenvalue weighted by atomic mass is 9.79. The van der Waals surface area contributed by atoms with Gasteiger partial charge in [-0.25, -0.2) is 4.79 Å². The topological polar surface area (TPSA) is 73.8 Å². The van der Waals surface area contributed by atoms with Crippen LogP contribution in [0.5, 0.6) is 0 Å². The summed E-state index contributed by atoms with van der Waals surface area (Å²) in [6.07, 6.45) is -4.66. The van der Waals surface area contributed by atoms with Crippen LogP contribution in [0.15, 0.2) is 30.3 Å². The fourth-order valence-corrected chi connectivity index (χ4v) is 3.30. The molecule has 1 fully saturated rings. The van der Waals surface area contributed by atoms with Crippen LogP contribution in [0.4, 0.5) is 18.0 Å². The molecule has 3 N–H and O–H groups in total. The van der Waals surface area contributed by atoms with Crippen molar-refractivity contribution in [3.8, 4) is 0 Å². The van der Waals surface area contributed by atoms with Crippen molar-refractivity contribution < 1.29 is 27.8 Å². The number of hydrogen-bond donors (Lipinski definition) is 3. The zero-order chi connectivity index (χ0) is 21.5. The van der Waals surface area contributed by atoms with Crippen molar-refractivity contribution in [2.75, 3.05) is 39.4 Å². The normalized spacial score (nSPS) is 19.8. The van der Waals surface area contributed by atoms with E-state index in [-0.39, 0.29) is 32.8 Å². The van der Waals surface area contributed by atoms with Crippen LogP contribution in [0, 0.1) is 5.41 Å². The Bertz CT molecular complexity index is 637. The first kappa shape index (κ1) is 23.4. The number of rotatable bonds is 8. The molecular weight excluding hydrogens is 387 g/mol. The summed E-state index contributed by atoms with van der Waals surface area (Å²) < 4.78 is 45.3. The van der Waals surface area contributed by atoms with Crippen LogP contribution in [0.2, 0.25) is 0 Å². The van der Waals surface area contributed by atoms with Gasteiger partial charge >= 0.3 is 12.2 Å². The number of carbonyl (C=O) groups excluding carboxylic acids is 1. The van der Waals surface area contributed by atoms with Gasteiger partial charge in [-0.1, -0.05) is 37.3 Å². The lowest BCUT2D eigenvalue weighted by Crippen LogP contribution is -2.56. The fraction of sp³-hybridized carbons (Fsp3) is 0.650.